The molecule has 2 aliphatic rings. The lowest BCUT2D eigenvalue weighted by Gasteiger charge is -2.44. The first-order valence-electron chi connectivity index (χ1n) is 10.2. The maximum atomic E-state index is 15.2. The van der Waals surface area contributed by atoms with Crippen LogP contribution in [0.15, 0.2) is 42.5 Å². The van der Waals surface area contributed by atoms with Crippen LogP contribution in [-0.2, 0) is 30.7 Å². The summed E-state index contributed by atoms with van der Waals surface area (Å²) >= 11 is 0. The largest absolute Gasteiger partial charge is 0.428 e. The van der Waals surface area contributed by atoms with Crippen molar-refractivity contribution in [3.8, 4) is 0 Å². The second-order valence-corrected chi connectivity index (χ2v) is 10.8. The fourth-order valence-corrected chi connectivity index (χ4v) is 4.57. The summed E-state index contributed by atoms with van der Waals surface area (Å²) in [5, 5.41) is 0. The van der Waals surface area contributed by atoms with Gasteiger partial charge in [0.1, 0.15) is 5.75 Å². The first-order valence-corrected chi connectivity index (χ1v) is 12.2. The number of rotatable bonds is 5. The van der Waals surface area contributed by atoms with Crippen LogP contribution in [0.2, 0.25) is 0 Å². The Kier molecular flexibility index (Phi) is 6.11. The first kappa shape index (κ1) is 25.9. The molecule has 2 heterocycles. The topological polar surface area (TPSA) is 75.7 Å². The van der Waals surface area contributed by atoms with Gasteiger partial charge in [-0.3, -0.25) is 15.1 Å². The molecule has 14 heteroatoms. The second kappa shape index (κ2) is 8.47. The number of sulfone groups is 1. The zero-order valence-corrected chi connectivity index (χ0v) is 19.1. The third kappa shape index (κ3) is 4.54. The highest BCUT2D eigenvalue weighted by Crippen LogP contribution is 2.48. The Hall–Kier alpha value is -3.13. The zero-order valence-electron chi connectivity index (χ0n) is 18.3. The smallest absolute Gasteiger partial charge is 0.335 e. The molecule has 0 radical (unpaired) electrons. The van der Waals surface area contributed by atoms with Crippen molar-refractivity contribution in [1.29, 1.82) is 0 Å². The van der Waals surface area contributed by atoms with Crippen molar-refractivity contribution in [3.05, 3.63) is 76.6 Å². The molecule has 1 atom stereocenters. The maximum absolute atomic E-state index is 15.2. The number of nitrogens with zero attached hydrogens (tertiary/aromatic N) is 1. The van der Waals surface area contributed by atoms with Gasteiger partial charge in [0.15, 0.2) is 33.0 Å². The lowest BCUT2D eigenvalue weighted by molar-refractivity contribution is -0.269. The van der Waals surface area contributed by atoms with Crippen LogP contribution in [0.5, 0.6) is 0 Å². The molecule has 0 bridgehead atoms. The molecule has 4 rings (SSSR count). The Morgan fingerprint density at radius 3 is 2.11 bits per heavy atom. The van der Waals surface area contributed by atoms with Crippen LogP contribution in [0.3, 0.4) is 0 Å². The third-order valence-electron chi connectivity index (χ3n) is 5.84. The van der Waals surface area contributed by atoms with E-state index in [0.717, 1.165) is 11.2 Å². The number of halogens is 7. The fraction of sp³-hybridized carbons (Fsp3) is 0.318. The average molecular weight is 538 g/mol. The average Bonchev–Trinajstić information content (AvgIpc) is 3.21. The molecule has 194 valence electrons. The van der Waals surface area contributed by atoms with Crippen molar-refractivity contribution in [2.24, 2.45) is 0 Å². The van der Waals surface area contributed by atoms with Gasteiger partial charge in [-0.25, -0.2) is 26.0 Å². The summed E-state index contributed by atoms with van der Waals surface area (Å²) in [6.07, 6.45) is -3.82. The van der Waals surface area contributed by atoms with Crippen molar-refractivity contribution < 1.29 is 48.8 Å². The standard InChI is InChI=1S/C22H17F7N2O4S/c1-36(33,34)9-18(32)31-10-20(26,11-31)13-4-2-12(3-5-13)17-8-21(35-30-17,22(27,28)29)14-6-15(23)19(25)16(24)7-14/h2-8,30H,9-11H2,1H3. The number of amides is 1. The van der Waals surface area contributed by atoms with Crippen LogP contribution in [0.4, 0.5) is 30.7 Å². The molecule has 1 N–H and O–H groups in total. The van der Waals surface area contributed by atoms with Crippen LogP contribution in [0.1, 0.15) is 16.7 Å². The number of likely N-dealkylation sites (tertiary alicyclic amines) is 1. The quantitative estimate of drug-likeness (QED) is 0.466. The molecule has 2 aliphatic heterocycles. The van der Waals surface area contributed by atoms with Crippen molar-refractivity contribution in [1.82, 2.24) is 10.4 Å². The molecule has 2 aromatic rings. The Morgan fingerprint density at radius 2 is 1.61 bits per heavy atom. The Bertz CT molecular complexity index is 1330. The molecule has 1 saturated heterocycles. The van der Waals surface area contributed by atoms with Gasteiger partial charge in [-0.2, -0.15) is 13.2 Å². The molecule has 2 aromatic carbocycles. The summed E-state index contributed by atoms with van der Waals surface area (Å²) in [5.74, 6) is -7.11. The predicted molar refractivity (Wildman–Crippen MR) is 112 cm³/mol. The normalized spacial score (nSPS) is 21.6. The van der Waals surface area contributed by atoms with Gasteiger partial charge >= 0.3 is 6.18 Å². The van der Waals surface area contributed by atoms with Crippen LogP contribution in [0, 0.1) is 17.5 Å². The van der Waals surface area contributed by atoms with E-state index in [4.69, 9.17) is 4.84 Å². The van der Waals surface area contributed by atoms with E-state index in [0.29, 0.717) is 6.08 Å². The fourth-order valence-electron chi connectivity index (χ4n) is 3.94. The number of hydrogen-bond donors (Lipinski definition) is 1. The lowest BCUT2D eigenvalue weighted by atomic mass is 9.87. The second-order valence-electron chi connectivity index (χ2n) is 8.61. The minimum atomic E-state index is -5.21. The highest BCUT2D eigenvalue weighted by molar-refractivity contribution is 7.91. The van der Waals surface area contributed by atoms with Gasteiger partial charge in [0.25, 0.3) is 0 Å². The molecule has 0 aromatic heterocycles. The minimum Gasteiger partial charge on any atom is -0.335 e. The number of carbonyl (C=O) groups is 1. The van der Waals surface area contributed by atoms with Gasteiger partial charge in [0.2, 0.25) is 11.5 Å². The van der Waals surface area contributed by atoms with Gasteiger partial charge in [-0.1, -0.05) is 24.3 Å². The molecule has 0 aliphatic carbocycles. The maximum Gasteiger partial charge on any atom is 0.428 e. The molecule has 1 amide bonds. The Labute approximate surface area is 200 Å². The highest BCUT2D eigenvalue weighted by atomic mass is 32.2. The molecular weight excluding hydrogens is 521 g/mol. The summed E-state index contributed by atoms with van der Waals surface area (Å²) in [6, 6.07) is 5.41. The molecular formula is C22H17F7N2O4S. The van der Waals surface area contributed by atoms with Gasteiger partial charge < -0.3 is 4.90 Å². The number of hydrogen-bond acceptors (Lipinski definition) is 5. The molecule has 36 heavy (non-hydrogen) atoms. The van der Waals surface area contributed by atoms with E-state index in [1.165, 1.54) is 24.3 Å². The summed E-state index contributed by atoms with van der Waals surface area (Å²) in [6.45, 7) is -0.798. The Balaban J connectivity index is 1.58. The summed E-state index contributed by atoms with van der Waals surface area (Å²) in [7, 11) is -3.59. The number of benzene rings is 2. The number of hydroxylamine groups is 1. The van der Waals surface area contributed by atoms with Crippen LogP contribution in [-0.4, -0.2) is 50.5 Å². The summed E-state index contributed by atoms with van der Waals surface area (Å²) in [5.41, 5.74) is -4.38. The van der Waals surface area contributed by atoms with Crippen LogP contribution in [0.25, 0.3) is 5.70 Å². The number of alkyl halides is 4. The minimum absolute atomic E-state index is 0.0962. The van der Waals surface area contributed by atoms with Gasteiger partial charge in [-0.15, -0.1) is 0 Å². The van der Waals surface area contributed by atoms with Crippen LogP contribution < -0.4 is 5.48 Å². The van der Waals surface area contributed by atoms with E-state index >= 15 is 4.39 Å². The van der Waals surface area contributed by atoms with E-state index < -0.39 is 75.0 Å². The van der Waals surface area contributed by atoms with E-state index in [-0.39, 0.29) is 29.0 Å². The lowest BCUT2D eigenvalue weighted by Crippen LogP contribution is -2.59. The van der Waals surface area contributed by atoms with E-state index in [9.17, 15) is 39.6 Å². The van der Waals surface area contributed by atoms with Crippen molar-refractivity contribution in [2.45, 2.75) is 17.4 Å². The molecule has 1 fully saturated rings. The third-order valence-corrected chi connectivity index (χ3v) is 6.61. The van der Waals surface area contributed by atoms with Gasteiger partial charge in [0, 0.05) is 11.8 Å². The highest BCUT2D eigenvalue weighted by Gasteiger charge is 2.60. The first-order chi connectivity index (χ1) is 16.5. The zero-order chi connectivity index (χ0) is 26.7. The summed E-state index contributed by atoms with van der Waals surface area (Å²) in [4.78, 5) is 17.7. The molecule has 6 nitrogen and oxygen atoms in total. The van der Waals surface area contributed by atoms with Crippen molar-refractivity contribution in [3.63, 3.8) is 0 Å². The van der Waals surface area contributed by atoms with Gasteiger partial charge in [-0.05, 0) is 29.3 Å². The summed E-state index contributed by atoms with van der Waals surface area (Å²) < 4.78 is 120. The molecule has 0 spiro atoms. The molecule has 0 saturated carbocycles. The SMILES string of the molecule is CS(=O)(=O)CC(=O)N1CC(F)(c2ccc(C3=CC(c4cc(F)c(F)c(F)c4)(C(F)(F)F)ON3)cc2)C1. The molecule has 1 unspecified atom stereocenters. The van der Waals surface area contributed by atoms with Crippen molar-refractivity contribution >= 4 is 21.4 Å². The monoisotopic (exact) mass is 538 g/mol. The van der Waals surface area contributed by atoms with Gasteiger partial charge in [0.05, 0.1) is 18.8 Å². The van der Waals surface area contributed by atoms with E-state index in [1.54, 1.807) is 0 Å². The predicted octanol–water partition coefficient (Wildman–Crippen LogP) is 3.49. The van der Waals surface area contributed by atoms with E-state index in [2.05, 4.69) is 5.48 Å². The Morgan fingerprint density at radius 1 is 1.06 bits per heavy atom. The van der Waals surface area contributed by atoms with Crippen LogP contribution >= 0.6 is 0 Å². The van der Waals surface area contributed by atoms with E-state index in [1.807, 2.05) is 0 Å². The number of nitrogens with one attached hydrogen (secondary N) is 1. The number of carbonyl (C=O) groups excluding carboxylic acids is 1. The van der Waals surface area contributed by atoms with Crippen molar-refractivity contribution in [2.75, 3.05) is 25.1 Å².